The van der Waals surface area contributed by atoms with Crippen molar-refractivity contribution in [2.45, 2.75) is 31.6 Å². The van der Waals surface area contributed by atoms with Gasteiger partial charge in [-0.2, -0.15) is 0 Å². The van der Waals surface area contributed by atoms with E-state index in [0.29, 0.717) is 15.9 Å². The second kappa shape index (κ2) is 7.54. The first-order valence-corrected chi connectivity index (χ1v) is 8.93. The van der Waals surface area contributed by atoms with Gasteiger partial charge in [0.2, 0.25) is 10.0 Å². The van der Waals surface area contributed by atoms with Gasteiger partial charge in [-0.05, 0) is 86.5 Å². The molecule has 114 valence electrons. The zero-order chi connectivity index (χ0) is 15.3. The molecule has 0 radical (unpaired) electrons. The topological polar surface area (TPSA) is 49.4 Å². The summed E-state index contributed by atoms with van der Waals surface area (Å²) in [4.78, 5) is 2.40. The van der Waals surface area contributed by atoms with Crippen molar-refractivity contribution < 1.29 is 8.42 Å². The van der Waals surface area contributed by atoms with E-state index in [1.165, 1.54) is 0 Å². The van der Waals surface area contributed by atoms with Crippen molar-refractivity contribution >= 4 is 26.0 Å². The molecule has 0 heterocycles. The van der Waals surface area contributed by atoms with Crippen LogP contribution < -0.4 is 4.72 Å². The molecule has 20 heavy (non-hydrogen) atoms. The molecule has 1 aromatic carbocycles. The average molecular weight is 363 g/mol. The molecule has 0 fully saturated rings. The molecule has 0 unspecified atom stereocenters. The highest BCUT2D eigenvalue weighted by Crippen LogP contribution is 2.25. The third kappa shape index (κ3) is 5.16. The van der Waals surface area contributed by atoms with Crippen molar-refractivity contribution in [1.29, 1.82) is 0 Å². The van der Waals surface area contributed by atoms with E-state index in [1.54, 1.807) is 6.07 Å². The minimum Gasteiger partial charge on any atom is -0.309 e. The molecule has 0 atom stereocenters. The Kier molecular flexibility index (Phi) is 6.64. The van der Waals surface area contributed by atoms with Crippen LogP contribution in [0.15, 0.2) is 21.5 Å². The lowest BCUT2D eigenvalue weighted by Gasteiger charge is -2.12. The first-order valence-electron chi connectivity index (χ1n) is 6.65. The molecule has 1 rings (SSSR count). The molecule has 0 bridgehead atoms. The predicted octanol–water partition coefficient (Wildman–Crippen LogP) is 2.69. The summed E-state index contributed by atoms with van der Waals surface area (Å²) >= 11 is 3.33. The summed E-state index contributed by atoms with van der Waals surface area (Å²) in [6, 6.07) is 3.55. The Hall–Kier alpha value is -0.430. The third-order valence-electron chi connectivity index (χ3n) is 3.16. The van der Waals surface area contributed by atoms with Gasteiger partial charge in [-0.1, -0.05) is 0 Å². The fourth-order valence-electron chi connectivity index (χ4n) is 1.80. The van der Waals surface area contributed by atoms with Crippen molar-refractivity contribution in [2.24, 2.45) is 0 Å². The lowest BCUT2D eigenvalue weighted by atomic mass is 10.1. The summed E-state index contributed by atoms with van der Waals surface area (Å²) < 4.78 is 27.8. The van der Waals surface area contributed by atoms with Crippen LogP contribution in [-0.4, -0.2) is 40.5 Å². The van der Waals surface area contributed by atoms with Gasteiger partial charge in [0.05, 0.1) is 4.90 Å². The highest BCUT2D eigenvalue weighted by Gasteiger charge is 2.17. The molecule has 0 aliphatic carbocycles. The maximum Gasteiger partial charge on any atom is 0.241 e. The Morgan fingerprint density at radius 3 is 2.35 bits per heavy atom. The molecule has 0 amide bonds. The summed E-state index contributed by atoms with van der Waals surface area (Å²) in [5, 5.41) is 0. The maximum atomic E-state index is 12.3. The van der Waals surface area contributed by atoms with Gasteiger partial charge in [0.1, 0.15) is 0 Å². The van der Waals surface area contributed by atoms with E-state index in [4.69, 9.17) is 0 Å². The van der Waals surface area contributed by atoms with Gasteiger partial charge in [-0.3, -0.25) is 0 Å². The van der Waals surface area contributed by atoms with Gasteiger partial charge in [0, 0.05) is 11.0 Å². The van der Waals surface area contributed by atoms with E-state index in [9.17, 15) is 8.42 Å². The Morgan fingerprint density at radius 1 is 1.15 bits per heavy atom. The number of rotatable bonds is 7. The molecular weight excluding hydrogens is 340 g/mol. The van der Waals surface area contributed by atoms with Crippen LogP contribution in [0.5, 0.6) is 0 Å². The fraction of sp³-hybridized carbons (Fsp3) is 0.571. The minimum atomic E-state index is -3.44. The van der Waals surface area contributed by atoms with Crippen molar-refractivity contribution in [3.05, 3.63) is 27.7 Å². The lowest BCUT2D eigenvalue weighted by molar-refractivity contribution is 0.394. The normalized spacial score (nSPS) is 12.1. The second-order valence-electron chi connectivity index (χ2n) is 5.28. The molecule has 0 aliphatic heterocycles. The van der Waals surface area contributed by atoms with Crippen LogP contribution in [-0.2, 0) is 10.0 Å². The molecular formula is C14H23BrN2O2S. The number of unbranched alkanes of at least 4 members (excludes halogenated alkanes) is 1. The number of halogens is 1. The fourth-order valence-corrected chi connectivity index (χ4v) is 4.11. The Bertz CT molecular complexity index is 557. The summed E-state index contributed by atoms with van der Waals surface area (Å²) in [6.45, 7) is 5.31. The lowest BCUT2D eigenvalue weighted by Crippen LogP contribution is -2.26. The van der Waals surface area contributed by atoms with E-state index in [-0.39, 0.29) is 0 Å². The summed E-state index contributed by atoms with van der Waals surface area (Å²) in [5.74, 6) is 0. The number of nitrogens with one attached hydrogen (secondary N) is 1. The molecule has 4 nitrogen and oxygen atoms in total. The summed E-state index contributed by atoms with van der Waals surface area (Å²) in [7, 11) is 0.579. The Morgan fingerprint density at radius 2 is 1.75 bits per heavy atom. The number of hydrogen-bond donors (Lipinski definition) is 1. The second-order valence-corrected chi connectivity index (χ2v) is 7.86. The highest BCUT2D eigenvalue weighted by atomic mass is 79.9. The third-order valence-corrected chi connectivity index (χ3v) is 5.58. The van der Waals surface area contributed by atoms with Gasteiger partial charge < -0.3 is 4.90 Å². The number of hydrogen-bond acceptors (Lipinski definition) is 3. The van der Waals surface area contributed by atoms with Gasteiger partial charge >= 0.3 is 0 Å². The van der Waals surface area contributed by atoms with Gasteiger partial charge in [0.25, 0.3) is 0 Å². The van der Waals surface area contributed by atoms with Crippen LogP contribution in [0.3, 0.4) is 0 Å². The zero-order valence-electron chi connectivity index (χ0n) is 12.5. The van der Waals surface area contributed by atoms with Crippen molar-refractivity contribution in [3.8, 4) is 0 Å². The Labute approximate surface area is 130 Å². The van der Waals surface area contributed by atoms with Crippen LogP contribution >= 0.6 is 15.9 Å². The minimum absolute atomic E-state index is 0.313. The average Bonchev–Trinajstić information content (AvgIpc) is 2.32. The quantitative estimate of drug-likeness (QED) is 0.758. The number of benzene rings is 1. The Balaban J connectivity index is 2.68. The summed E-state index contributed by atoms with van der Waals surface area (Å²) in [6.07, 6.45) is 1.81. The molecule has 0 spiro atoms. The smallest absolute Gasteiger partial charge is 0.241 e. The number of nitrogens with zero attached hydrogens (tertiary/aromatic N) is 1. The van der Waals surface area contributed by atoms with Gasteiger partial charge in [0.15, 0.2) is 0 Å². The largest absolute Gasteiger partial charge is 0.309 e. The van der Waals surface area contributed by atoms with Crippen molar-refractivity contribution in [3.63, 3.8) is 0 Å². The van der Waals surface area contributed by atoms with Crippen LogP contribution in [0.1, 0.15) is 24.0 Å². The molecule has 1 N–H and O–H groups in total. The van der Waals surface area contributed by atoms with Gasteiger partial charge in [-0.15, -0.1) is 0 Å². The molecule has 0 aliphatic rings. The monoisotopic (exact) mass is 362 g/mol. The standard InChI is InChI=1S/C14H23BrN2O2S/c1-11-9-13(15)14(10-12(11)2)20(18,19)16-7-5-6-8-17(3)4/h9-10,16H,5-8H2,1-4H3. The first-order chi connectivity index (χ1) is 9.24. The first kappa shape index (κ1) is 17.6. The van der Waals surface area contributed by atoms with Crippen LogP contribution in [0, 0.1) is 13.8 Å². The van der Waals surface area contributed by atoms with E-state index < -0.39 is 10.0 Å². The van der Waals surface area contributed by atoms with E-state index in [0.717, 1.165) is 30.5 Å². The van der Waals surface area contributed by atoms with Crippen molar-refractivity contribution in [1.82, 2.24) is 9.62 Å². The highest BCUT2D eigenvalue weighted by molar-refractivity contribution is 9.10. The number of sulfonamides is 1. The van der Waals surface area contributed by atoms with Crippen LogP contribution in [0.4, 0.5) is 0 Å². The van der Waals surface area contributed by atoms with Crippen LogP contribution in [0.2, 0.25) is 0 Å². The zero-order valence-corrected chi connectivity index (χ0v) is 14.9. The van der Waals surface area contributed by atoms with E-state index in [2.05, 4.69) is 25.6 Å². The van der Waals surface area contributed by atoms with Crippen LogP contribution in [0.25, 0.3) is 0 Å². The number of aryl methyl sites for hydroxylation is 2. The molecule has 0 aromatic heterocycles. The van der Waals surface area contributed by atoms with E-state index >= 15 is 0 Å². The van der Waals surface area contributed by atoms with E-state index in [1.807, 2.05) is 34.0 Å². The van der Waals surface area contributed by atoms with Crippen molar-refractivity contribution in [2.75, 3.05) is 27.2 Å². The SMILES string of the molecule is Cc1cc(Br)c(S(=O)(=O)NCCCCN(C)C)cc1C. The molecule has 1 aromatic rings. The maximum absolute atomic E-state index is 12.3. The predicted molar refractivity (Wildman–Crippen MR) is 86.6 cm³/mol. The molecule has 0 saturated carbocycles. The molecule has 0 saturated heterocycles. The van der Waals surface area contributed by atoms with Gasteiger partial charge in [-0.25, -0.2) is 13.1 Å². The summed E-state index contributed by atoms with van der Waals surface area (Å²) in [5.41, 5.74) is 2.04. The molecule has 6 heteroatoms.